The molecular weight excluding hydrogens is 178 g/mol. The Morgan fingerprint density at radius 2 is 2.14 bits per heavy atom. The number of nitrogens with zero attached hydrogens (tertiary/aromatic N) is 1. The van der Waals surface area contributed by atoms with Gasteiger partial charge in [0, 0.05) is 13.1 Å². The zero-order valence-electron chi connectivity index (χ0n) is 9.20. The summed E-state index contributed by atoms with van der Waals surface area (Å²) in [5.41, 5.74) is 0. The van der Waals surface area contributed by atoms with E-state index < -0.39 is 5.97 Å². The Morgan fingerprint density at radius 3 is 2.57 bits per heavy atom. The first-order valence-electron chi connectivity index (χ1n) is 5.62. The molecule has 3 nitrogen and oxygen atoms in total. The van der Waals surface area contributed by atoms with Gasteiger partial charge < -0.3 is 10.0 Å². The highest BCUT2D eigenvalue weighted by atomic mass is 16.4. The van der Waals surface area contributed by atoms with E-state index in [1.165, 1.54) is 12.8 Å². The van der Waals surface area contributed by atoms with Crippen molar-refractivity contribution in [2.45, 2.75) is 33.1 Å². The van der Waals surface area contributed by atoms with Crippen molar-refractivity contribution in [3.63, 3.8) is 0 Å². The summed E-state index contributed by atoms with van der Waals surface area (Å²) in [5.74, 6) is -0.0102. The zero-order chi connectivity index (χ0) is 10.6. The van der Waals surface area contributed by atoms with E-state index in [9.17, 15) is 4.79 Å². The Kier molecular flexibility index (Phi) is 4.39. The largest absolute Gasteiger partial charge is 0.481 e. The van der Waals surface area contributed by atoms with Gasteiger partial charge in [-0.3, -0.25) is 4.79 Å². The molecule has 0 bridgehead atoms. The third-order valence-electron chi connectivity index (χ3n) is 3.29. The number of rotatable bonds is 5. The molecule has 14 heavy (non-hydrogen) atoms. The first-order valence-corrected chi connectivity index (χ1v) is 5.62. The first kappa shape index (κ1) is 11.5. The van der Waals surface area contributed by atoms with E-state index in [0.29, 0.717) is 0 Å². The maximum absolute atomic E-state index is 10.7. The van der Waals surface area contributed by atoms with Crippen LogP contribution >= 0.6 is 0 Å². The van der Waals surface area contributed by atoms with Gasteiger partial charge in [0.1, 0.15) is 0 Å². The molecule has 0 radical (unpaired) electrons. The molecule has 3 heteroatoms. The lowest BCUT2D eigenvalue weighted by atomic mass is 10.0. The van der Waals surface area contributed by atoms with Crippen LogP contribution < -0.4 is 0 Å². The maximum atomic E-state index is 10.7. The maximum Gasteiger partial charge on any atom is 0.307 e. The minimum atomic E-state index is -0.628. The minimum absolute atomic E-state index is 0.121. The Bertz CT molecular complexity index is 190. The van der Waals surface area contributed by atoms with Gasteiger partial charge in [-0.05, 0) is 18.9 Å². The number of likely N-dealkylation sites (tertiary alicyclic amines) is 1. The number of hydrogen-bond donors (Lipinski definition) is 1. The molecule has 82 valence electrons. The molecule has 1 fully saturated rings. The van der Waals surface area contributed by atoms with Crippen molar-refractivity contribution < 1.29 is 9.90 Å². The van der Waals surface area contributed by atoms with Crippen molar-refractivity contribution in [1.82, 2.24) is 4.90 Å². The van der Waals surface area contributed by atoms with Crippen molar-refractivity contribution in [1.29, 1.82) is 0 Å². The van der Waals surface area contributed by atoms with E-state index in [1.807, 2.05) is 0 Å². The average molecular weight is 199 g/mol. The van der Waals surface area contributed by atoms with Crippen LogP contribution in [0.25, 0.3) is 0 Å². The van der Waals surface area contributed by atoms with Gasteiger partial charge in [0.05, 0.1) is 5.92 Å². The summed E-state index contributed by atoms with van der Waals surface area (Å²) in [6, 6.07) is 0. The number of hydrogen-bond acceptors (Lipinski definition) is 2. The molecule has 1 rings (SSSR count). The summed E-state index contributed by atoms with van der Waals surface area (Å²) in [6.45, 7) is 7.22. The Hall–Kier alpha value is -0.570. The van der Waals surface area contributed by atoms with Crippen LogP contribution in [-0.2, 0) is 4.79 Å². The molecule has 1 atom stereocenters. The monoisotopic (exact) mass is 199 g/mol. The molecule has 1 N–H and O–H groups in total. The van der Waals surface area contributed by atoms with E-state index in [-0.39, 0.29) is 5.92 Å². The van der Waals surface area contributed by atoms with Crippen LogP contribution in [0.3, 0.4) is 0 Å². The SMILES string of the molecule is CCC(CC)CN1CC[C@H](C(=O)O)C1. The second kappa shape index (κ2) is 5.35. The van der Waals surface area contributed by atoms with E-state index >= 15 is 0 Å². The lowest BCUT2D eigenvalue weighted by Crippen LogP contribution is -2.28. The van der Waals surface area contributed by atoms with Crippen LogP contribution in [-0.4, -0.2) is 35.6 Å². The third-order valence-corrected chi connectivity index (χ3v) is 3.29. The van der Waals surface area contributed by atoms with Gasteiger partial charge in [0.25, 0.3) is 0 Å². The van der Waals surface area contributed by atoms with E-state index in [2.05, 4.69) is 18.7 Å². The molecule has 0 amide bonds. The molecule has 1 aliphatic heterocycles. The average Bonchev–Trinajstić information content (AvgIpc) is 2.62. The molecule has 0 spiro atoms. The molecule has 1 heterocycles. The van der Waals surface area contributed by atoms with Crippen molar-refractivity contribution in [2.75, 3.05) is 19.6 Å². The number of carboxylic acids is 1. The summed E-state index contributed by atoms with van der Waals surface area (Å²) in [4.78, 5) is 13.0. The predicted octanol–water partition coefficient (Wildman–Crippen LogP) is 1.83. The number of aliphatic carboxylic acids is 1. The Labute approximate surface area is 86.1 Å². The van der Waals surface area contributed by atoms with Gasteiger partial charge >= 0.3 is 5.97 Å². The topological polar surface area (TPSA) is 40.5 Å². The third kappa shape index (κ3) is 2.98. The Balaban J connectivity index is 2.31. The quantitative estimate of drug-likeness (QED) is 0.734. The van der Waals surface area contributed by atoms with Gasteiger partial charge in [-0.15, -0.1) is 0 Å². The van der Waals surface area contributed by atoms with Gasteiger partial charge in [-0.1, -0.05) is 26.7 Å². The van der Waals surface area contributed by atoms with Crippen molar-refractivity contribution in [3.05, 3.63) is 0 Å². The summed E-state index contributed by atoms with van der Waals surface area (Å²) in [5, 5.41) is 8.85. The van der Waals surface area contributed by atoms with Crippen LogP contribution in [0.2, 0.25) is 0 Å². The highest BCUT2D eigenvalue weighted by molar-refractivity contribution is 5.70. The first-order chi connectivity index (χ1) is 6.67. The standard InChI is InChI=1S/C11H21NO2/c1-3-9(4-2)7-12-6-5-10(8-12)11(13)14/h9-10H,3-8H2,1-2H3,(H,13,14)/t10-/m0/s1. The predicted molar refractivity (Wildman–Crippen MR) is 56.3 cm³/mol. The van der Waals surface area contributed by atoms with E-state index in [1.54, 1.807) is 0 Å². The summed E-state index contributed by atoms with van der Waals surface area (Å²) < 4.78 is 0. The fraction of sp³-hybridized carbons (Fsp3) is 0.909. The second-order valence-electron chi connectivity index (χ2n) is 4.27. The smallest absolute Gasteiger partial charge is 0.307 e. The lowest BCUT2D eigenvalue weighted by Gasteiger charge is -2.21. The van der Waals surface area contributed by atoms with Gasteiger partial charge in [0.15, 0.2) is 0 Å². The summed E-state index contributed by atoms with van der Waals surface area (Å²) in [6.07, 6.45) is 3.23. The fourth-order valence-corrected chi connectivity index (χ4v) is 2.11. The molecule has 0 unspecified atom stereocenters. The van der Waals surface area contributed by atoms with Crippen molar-refractivity contribution >= 4 is 5.97 Å². The molecule has 0 aromatic carbocycles. The molecular formula is C11H21NO2. The highest BCUT2D eigenvalue weighted by Gasteiger charge is 2.28. The molecule has 1 saturated heterocycles. The number of carboxylic acid groups (broad SMARTS) is 1. The fourth-order valence-electron chi connectivity index (χ4n) is 2.11. The second-order valence-corrected chi connectivity index (χ2v) is 4.27. The van der Waals surface area contributed by atoms with E-state index in [4.69, 9.17) is 5.11 Å². The van der Waals surface area contributed by atoms with Gasteiger partial charge in [-0.25, -0.2) is 0 Å². The zero-order valence-corrected chi connectivity index (χ0v) is 9.20. The molecule has 0 aliphatic carbocycles. The summed E-state index contributed by atoms with van der Waals surface area (Å²) in [7, 11) is 0. The normalized spacial score (nSPS) is 23.2. The minimum Gasteiger partial charge on any atom is -0.481 e. The number of carbonyl (C=O) groups is 1. The molecule has 1 aliphatic rings. The van der Waals surface area contributed by atoms with Crippen LogP contribution in [0.1, 0.15) is 33.1 Å². The van der Waals surface area contributed by atoms with Crippen molar-refractivity contribution in [2.24, 2.45) is 11.8 Å². The summed E-state index contributed by atoms with van der Waals surface area (Å²) >= 11 is 0. The van der Waals surface area contributed by atoms with Crippen LogP contribution in [0.5, 0.6) is 0 Å². The lowest BCUT2D eigenvalue weighted by molar-refractivity contribution is -0.141. The van der Waals surface area contributed by atoms with Gasteiger partial charge in [0.2, 0.25) is 0 Å². The van der Waals surface area contributed by atoms with Crippen LogP contribution in [0.4, 0.5) is 0 Å². The van der Waals surface area contributed by atoms with Crippen molar-refractivity contribution in [3.8, 4) is 0 Å². The molecule has 0 aromatic rings. The van der Waals surface area contributed by atoms with E-state index in [0.717, 1.165) is 32.0 Å². The van der Waals surface area contributed by atoms with Gasteiger partial charge in [-0.2, -0.15) is 0 Å². The van der Waals surface area contributed by atoms with Crippen LogP contribution in [0, 0.1) is 11.8 Å². The highest BCUT2D eigenvalue weighted by Crippen LogP contribution is 2.19. The Morgan fingerprint density at radius 1 is 1.50 bits per heavy atom. The van der Waals surface area contributed by atoms with Crippen LogP contribution in [0.15, 0.2) is 0 Å². The molecule has 0 aromatic heterocycles. The molecule has 0 saturated carbocycles.